The third-order valence-electron chi connectivity index (χ3n) is 5.44. The average Bonchev–Trinajstić information content (AvgIpc) is 3.46. The minimum atomic E-state index is -0.458. The van der Waals surface area contributed by atoms with E-state index in [9.17, 15) is 4.79 Å². The number of furan rings is 1. The van der Waals surface area contributed by atoms with E-state index < -0.39 is 5.91 Å². The van der Waals surface area contributed by atoms with E-state index in [2.05, 4.69) is 72.9 Å². The topological polar surface area (TPSA) is 78.0 Å². The summed E-state index contributed by atoms with van der Waals surface area (Å²) >= 11 is 7.06. The largest absolute Gasteiger partial charge is 0.486 e. The van der Waals surface area contributed by atoms with Gasteiger partial charge in [0.2, 0.25) is 0 Å². The van der Waals surface area contributed by atoms with Crippen LogP contribution in [0.25, 0.3) is 5.69 Å². The summed E-state index contributed by atoms with van der Waals surface area (Å²) in [6.45, 7) is 10.3. The van der Waals surface area contributed by atoms with Crippen LogP contribution in [0.2, 0.25) is 0 Å². The van der Waals surface area contributed by atoms with Crippen molar-refractivity contribution in [2.24, 2.45) is 5.10 Å². The van der Waals surface area contributed by atoms with Crippen LogP contribution >= 0.6 is 31.9 Å². The molecule has 0 aliphatic rings. The Morgan fingerprint density at radius 2 is 1.63 bits per heavy atom. The molecule has 0 bridgehead atoms. The molecule has 4 rings (SSSR count). The Balaban J connectivity index is 1.31. The summed E-state index contributed by atoms with van der Waals surface area (Å²) in [7, 11) is 0. The molecule has 0 fully saturated rings. The van der Waals surface area contributed by atoms with Gasteiger partial charge in [0.25, 0.3) is 0 Å². The van der Waals surface area contributed by atoms with Gasteiger partial charge in [0.1, 0.15) is 29.5 Å². The summed E-state index contributed by atoms with van der Waals surface area (Å²) in [4.78, 5) is 12.5. The van der Waals surface area contributed by atoms with Crippen LogP contribution in [0.1, 0.15) is 54.0 Å². The molecule has 0 saturated heterocycles. The quantitative estimate of drug-likeness (QED) is 0.158. The van der Waals surface area contributed by atoms with E-state index in [0.717, 1.165) is 20.2 Å². The Hall–Kier alpha value is -3.30. The Kier molecular flexibility index (Phi) is 8.47. The SMILES string of the molecule is Cc1ccc(C)n1-c1ccc(OCc2ccc(C(=O)N/N=C/c3cc(Br)c(OC(C)(C)C)c(Br)c3)o2)cc1. The number of carbonyl (C=O) groups excluding carboxylic acids is 1. The van der Waals surface area contributed by atoms with Crippen molar-refractivity contribution in [3.05, 3.63) is 98.1 Å². The van der Waals surface area contributed by atoms with Crippen molar-refractivity contribution in [1.82, 2.24) is 9.99 Å². The summed E-state index contributed by atoms with van der Waals surface area (Å²) < 4.78 is 21.2. The molecule has 38 heavy (non-hydrogen) atoms. The number of aryl methyl sites for hydroxylation is 2. The van der Waals surface area contributed by atoms with E-state index in [-0.39, 0.29) is 18.0 Å². The number of nitrogens with one attached hydrogen (secondary N) is 1. The summed E-state index contributed by atoms with van der Waals surface area (Å²) in [5.41, 5.74) is 6.34. The number of hydrazone groups is 1. The molecule has 0 radical (unpaired) electrons. The number of hydrogen-bond acceptors (Lipinski definition) is 5. The van der Waals surface area contributed by atoms with Crippen LogP contribution in [0.15, 0.2) is 79.1 Å². The fourth-order valence-electron chi connectivity index (χ4n) is 3.78. The lowest BCUT2D eigenvalue weighted by molar-refractivity contribution is 0.0923. The molecule has 0 unspecified atom stereocenters. The molecule has 0 aliphatic heterocycles. The van der Waals surface area contributed by atoms with Gasteiger partial charge in [0, 0.05) is 17.1 Å². The Labute approximate surface area is 239 Å². The van der Waals surface area contributed by atoms with Crippen molar-refractivity contribution < 1.29 is 18.7 Å². The molecule has 1 amide bonds. The first-order valence-corrected chi connectivity index (χ1v) is 13.6. The zero-order valence-corrected chi connectivity index (χ0v) is 25.0. The van der Waals surface area contributed by atoms with Gasteiger partial charge in [-0.2, -0.15) is 5.10 Å². The molecule has 1 N–H and O–H groups in total. The number of benzene rings is 2. The van der Waals surface area contributed by atoms with Crippen LogP contribution in [0.4, 0.5) is 0 Å². The van der Waals surface area contributed by atoms with Gasteiger partial charge in [-0.15, -0.1) is 0 Å². The number of aromatic nitrogens is 1. The maximum Gasteiger partial charge on any atom is 0.307 e. The number of ether oxygens (including phenoxy) is 2. The first kappa shape index (κ1) is 27.7. The van der Waals surface area contributed by atoms with Gasteiger partial charge in [0.05, 0.1) is 15.2 Å². The van der Waals surface area contributed by atoms with Crippen molar-refractivity contribution in [3.63, 3.8) is 0 Å². The lowest BCUT2D eigenvalue weighted by Gasteiger charge is -2.23. The second-order valence-corrected chi connectivity index (χ2v) is 11.4. The average molecular weight is 643 g/mol. The molecule has 0 aliphatic carbocycles. The monoisotopic (exact) mass is 641 g/mol. The van der Waals surface area contributed by atoms with E-state index in [1.165, 1.54) is 11.4 Å². The fourth-order valence-corrected chi connectivity index (χ4v) is 5.16. The molecule has 0 spiro atoms. The highest BCUT2D eigenvalue weighted by atomic mass is 79.9. The molecule has 2 aromatic carbocycles. The Morgan fingerprint density at radius 3 is 2.24 bits per heavy atom. The number of amides is 1. The number of carbonyl (C=O) groups is 1. The van der Waals surface area contributed by atoms with Gasteiger partial charge in [-0.05, 0) is 133 Å². The van der Waals surface area contributed by atoms with E-state index in [0.29, 0.717) is 17.3 Å². The molecule has 2 aromatic heterocycles. The normalized spacial score (nSPS) is 11.7. The van der Waals surface area contributed by atoms with E-state index >= 15 is 0 Å². The first-order valence-electron chi connectivity index (χ1n) is 12.0. The lowest BCUT2D eigenvalue weighted by Crippen LogP contribution is -2.23. The zero-order chi connectivity index (χ0) is 27.4. The van der Waals surface area contributed by atoms with Gasteiger partial charge in [-0.25, -0.2) is 5.43 Å². The fraction of sp³-hybridized carbons (Fsp3) is 0.241. The molecule has 198 valence electrons. The van der Waals surface area contributed by atoms with Crippen LogP contribution in [0.3, 0.4) is 0 Å². The van der Waals surface area contributed by atoms with Crippen LogP contribution in [0.5, 0.6) is 11.5 Å². The second kappa shape index (κ2) is 11.6. The summed E-state index contributed by atoms with van der Waals surface area (Å²) in [6, 6.07) is 19.1. The third-order valence-corrected chi connectivity index (χ3v) is 6.62. The van der Waals surface area contributed by atoms with Crippen molar-refractivity contribution in [1.29, 1.82) is 0 Å². The minimum Gasteiger partial charge on any atom is -0.486 e. The molecule has 0 atom stereocenters. The molecule has 4 aromatic rings. The highest BCUT2D eigenvalue weighted by Crippen LogP contribution is 2.36. The molecular formula is C29H29Br2N3O4. The number of halogens is 2. The highest BCUT2D eigenvalue weighted by molar-refractivity contribution is 9.11. The maximum absolute atomic E-state index is 12.5. The molecule has 2 heterocycles. The number of nitrogens with zero attached hydrogens (tertiary/aromatic N) is 2. The van der Waals surface area contributed by atoms with Gasteiger partial charge in [0.15, 0.2) is 5.76 Å². The van der Waals surface area contributed by atoms with Crippen LogP contribution in [0, 0.1) is 13.8 Å². The van der Waals surface area contributed by atoms with Crippen molar-refractivity contribution in [3.8, 4) is 17.2 Å². The molecule has 0 saturated carbocycles. The molecule has 9 heteroatoms. The summed E-state index contributed by atoms with van der Waals surface area (Å²) in [5.74, 6) is 1.62. The van der Waals surface area contributed by atoms with E-state index in [1.54, 1.807) is 18.3 Å². The molecule has 7 nitrogen and oxygen atoms in total. The summed E-state index contributed by atoms with van der Waals surface area (Å²) in [5, 5.41) is 4.05. The van der Waals surface area contributed by atoms with Crippen molar-refractivity contribution >= 4 is 44.0 Å². The van der Waals surface area contributed by atoms with Gasteiger partial charge < -0.3 is 18.5 Å². The minimum absolute atomic E-state index is 0.144. The smallest absolute Gasteiger partial charge is 0.307 e. The lowest BCUT2D eigenvalue weighted by atomic mass is 10.2. The maximum atomic E-state index is 12.5. The van der Waals surface area contributed by atoms with Crippen LogP contribution in [-0.2, 0) is 6.61 Å². The Bertz CT molecular complexity index is 1420. The highest BCUT2D eigenvalue weighted by Gasteiger charge is 2.17. The van der Waals surface area contributed by atoms with E-state index in [1.807, 2.05) is 57.2 Å². The van der Waals surface area contributed by atoms with E-state index in [4.69, 9.17) is 13.9 Å². The second-order valence-electron chi connectivity index (χ2n) is 9.73. The number of rotatable bonds is 8. The standard InChI is InChI=1S/C29H29Br2N3O4/c1-18-6-7-19(2)34(18)21-8-10-22(11-9-21)36-17-23-12-13-26(37-23)28(35)33-32-16-20-14-24(30)27(25(31)15-20)38-29(3,4)5/h6-16H,17H2,1-5H3,(H,33,35)/b32-16+. The van der Waals surface area contributed by atoms with Crippen LogP contribution < -0.4 is 14.9 Å². The van der Waals surface area contributed by atoms with Gasteiger partial charge >= 0.3 is 5.91 Å². The van der Waals surface area contributed by atoms with Crippen molar-refractivity contribution in [2.45, 2.75) is 46.8 Å². The predicted molar refractivity (Wildman–Crippen MR) is 156 cm³/mol. The first-order chi connectivity index (χ1) is 18.0. The van der Waals surface area contributed by atoms with Gasteiger partial charge in [-0.1, -0.05) is 0 Å². The Morgan fingerprint density at radius 1 is 1.00 bits per heavy atom. The molecular weight excluding hydrogens is 614 g/mol. The van der Waals surface area contributed by atoms with Crippen LogP contribution in [-0.4, -0.2) is 22.3 Å². The summed E-state index contributed by atoms with van der Waals surface area (Å²) in [6.07, 6.45) is 1.54. The zero-order valence-electron chi connectivity index (χ0n) is 21.8. The van der Waals surface area contributed by atoms with Crippen molar-refractivity contribution in [2.75, 3.05) is 0 Å². The third kappa shape index (κ3) is 6.96. The van der Waals surface area contributed by atoms with Gasteiger partial charge in [-0.3, -0.25) is 4.79 Å². The predicted octanol–water partition coefficient (Wildman–Crippen LogP) is 7.73. The number of hydrogen-bond donors (Lipinski definition) is 1.